The summed E-state index contributed by atoms with van der Waals surface area (Å²) < 4.78 is 39.9. The van der Waals surface area contributed by atoms with Gasteiger partial charge in [0.25, 0.3) is 0 Å². The molecule has 0 aliphatic rings. The zero-order valence-electron chi connectivity index (χ0n) is 9.97. The van der Waals surface area contributed by atoms with Crippen LogP contribution in [-0.2, 0) is 6.54 Å². The molecule has 0 fully saturated rings. The number of halogens is 3. The predicted octanol–water partition coefficient (Wildman–Crippen LogP) is 3.09. The van der Waals surface area contributed by atoms with Crippen LogP contribution < -0.4 is 10.1 Å². The summed E-state index contributed by atoms with van der Waals surface area (Å²) in [5.74, 6) is 5.46. The lowest BCUT2D eigenvalue weighted by Gasteiger charge is -2.10. The van der Waals surface area contributed by atoms with Crippen molar-refractivity contribution in [2.24, 2.45) is 0 Å². The fourth-order valence-electron chi connectivity index (χ4n) is 1.36. The molecule has 0 unspecified atom stereocenters. The molecule has 1 rings (SSSR count). The molecular formula is C13H14F3NO. The molecule has 0 amide bonds. The van der Waals surface area contributed by atoms with Gasteiger partial charge in [-0.2, -0.15) is 0 Å². The highest BCUT2D eigenvalue weighted by atomic mass is 19.4. The van der Waals surface area contributed by atoms with Crippen molar-refractivity contribution in [2.75, 3.05) is 6.54 Å². The van der Waals surface area contributed by atoms with Crippen LogP contribution in [-0.4, -0.2) is 12.9 Å². The van der Waals surface area contributed by atoms with Crippen molar-refractivity contribution in [2.45, 2.75) is 26.3 Å². The van der Waals surface area contributed by atoms with Gasteiger partial charge in [-0.3, -0.25) is 0 Å². The maximum absolute atomic E-state index is 12.0. The first-order valence-corrected chi connectivity index (χ1v) is 5.46. The Hall–Kier alpha value is -1.67. The van der Waals surface area contributed by atoms with Crippen LogP contribution in [0.25, 0.3) is 0 Å². The van der Waals surface area contributed by atoms with E-state index < -0.39 is 6.36 Å². The summed E-state index contributed by atoms with van der Waals surface area (Å²) in [5.41, 5.74) is 0.737. The summed E-state index contributed by atoms with van der Waals surface area (Å²) in [6, 6.07) is 5.91. The van der Waals surface area contributed by atoms with Gasteiger partial charge in [-0.15, -0.1) is 25.0 Å². The third kappa shape index (κ3) is 6.16. The van der Waals surface area contributed by atoms with Crippen LogP contribution in [0.5, 0.6) is 5.75 Å². The molecule has 18 heavy (non-hydrogen) atoms. The highest BCUT2D eigenvalue weighted by molar-refractivity contribution is 5.28. The standard InChI is InChI=1S/C13H14F3NO/c1-2-3-4-8-17-10-11-6-5-7-12(9-11)18-13(14,15)16/h5-7,9,17H,4,8,10H2,1H3. The largest absolute Gasteiger partial charge is 0.573 e. The minimum atomic E-state index is -4.65. The molecule has 0 aliphatic heterocycles. The Morgan fingerprint density at radius 3 is 2.78 bits per heavy atom. The van der Waals surface area contributed by atoms with E-state index in [1.165, 1.54) is 18.2 Å². The van der Waals surface area contributed by atoms with Gasteiger partial charge in [0.05, 0.1) is 0 Å². The zero-order chi connectivity index (χ0) is 13.4. The molecule has 0 heterocycles. The Kier molecular flexibility index (Phi) is 5.53. The Labute approximate surface area is 104 Å². The Morgan fingerprint density at radius 1 is 1.33 bits per heavy atom. The normalized spacial score (nSPS) is 10.7. The Bertz CT molecular complexity index is 432. The van der Waals surface area contributed by atoms with Crippen molar-refractivity contribution < 1.29 is 17.9 Å². The van der Waals surface area contributed by atoms with Crippen molar-refractivity contribution in [3.05, 3.63) is 29.8 Å². The van der Waals surface area contributed by atoms with E-state index in [0.29, 0.717) is 13.1 Å². The lowest BCUT2D eigenvalue weighted by atomic mass is 10.2. The molecule has 2 nitrogen and oxygen atoms in total. The summed E-state index contributed by atoms with van der Waals surface area (Å²) in [5, 5.41) is 3.09. The molecule has 1 aromatic carbocycles. The van der Waals surface area contributed by atoms with Crippen molar-refractivity contribution >= 4 is 0 Å². The van der Waals surface area contributed by atoms with Crippen LogP contribution in [0.4, 0.5) is 13.2 Å². The first kappa shape index (κ1) is 14.4. The number of rotatable bonds is 5. The van der Waals surface area contributed by atoms with Crippen LogP contribution in [0.2, 0.25) is 0 Å². The van der Waals surface area contributed by atoms with E-state index in [-0.39, 0.29) is 5.75 Å². The monoisotopic (exact) mass is 257 g/mol. The minimum Gasteiger partial charge on any atom is -0.406 e. The quantitative estimate of drug-likeness (QED) is 0.646. The van der Waals surface area contributed by atoms with E-state index in [9.17, 15) is 13.2 Å². The number of hydrogen-bond acceptors (Lipinski definition) is 2. The van der Waals surface area contributed by atoms with Gasteiger partial charge >= 0.3 is 6.36 Å². The molecule has 1 aromatic rings. The van der Waals surface area contributed by atoms with Crippen LogP contribution in [0.15, 0.2) is 24.3 Å². The molecule has 0 bridgehead atoms. The molecule has 0 saturated heterocycles. The SMILES string of the molecule is CC#CCCNCc1cccc(OC(F)(F)F)c1. The number of benzene rings is 1. The van der Waals surface area contributed by atoms with E-state index in [1.807, 2.05) is 0 Å². The van der Waals surface area contributed by atoms with Gasteiger partial charge in [-0.25, -0.2) is 0 Å². The smallest absolute Gasteiger partial charge is 0.406 e. The lowest BCUT2D eigenvalue weighted by Crippen LogP contribution is -2.18. The Morgan fingerprint density at radius 2 is 2.11 bits per heavy atom. The highest BCUT2D eigenvalue weighted by Crippen LogP contribution is 2.23. The molecule has 0 radical (unpaired) electrons. The van der Waals surface area contributed by atoms with E-state index in [2.05, 4.69) is 21.9 Å². The Balaban J connectivity index is 2.46. The molecule has 0 atom stereocenters. The molecule has 5 heteroatoms. The first-order chi connectivity index (χ1) is 8.51. The summed E-state index contributed by atoms with van der Waals surface area (Å²) in [7, 11) is 0. The molecule has 0 spiro atoms. The number of alkyl halides is 3. The van der Waals surface area contributed by atoms with Crippen LogP contribution >= 0.6 is 0 Å². The topological polar surface area (TPSA) is 21.3 Å². The number of hydrogen-bond donors (Lipinski definition) is 1. The zero-order valence-corrected chi connectivity index (χ0v) is 9.97. The fourth-order valence-corrected chi connectivity index (χ4v) is 1.36. The molecule has 1 N–H and O–H groups in total. The lowest BCUT2D eigenvalue weighted by molar-refractivity contribution is -0.274. The van der Waals surface area contributed by atoms with Crippen LogP contribution in [0.1, 0.15) is 18.9 Å². The average molecular weight is 257 g/mol. The molecular weight excluding hydrogens is 243 g/mol. The summed E-state index contributed by atoms with van der Waals surface area (Å²) in [6.07, 6.45) is -3.93. The molecule has 0 saturated carbocycles. The van der Waals surface area contributed by atoms with E-state index >= 15 is 0 Å². The second-order valence-electron chi connectivity index (χ2n) is 3.55. The first-order valence-electron chi connectivity index (χ1n) is 5.46. The third-order valence-corrected chi connectivity index (χ3v) is 2.06. The van der Waals surface area contributed by atoms with Crippen molar-refractivity contribution in [1.29, 1.82) is 0 Å². The highest BCUT2D eigenvalue weighted by Gasteiger charge is 2.30. The van der Waals surface area contributed by atoms with Gasteiger partial charge in [-0.05, 0) is 24.6 Å². The second-order valence-corrected chi connectivity index (χ2v) is 3.55. The molecule has 98 valence electrons. The number of ether oxygens (including phenoxy) is 1. The van der Waals surface area contributed by atoms with Crippen LogP contribution in [0, 0.1) is 11.8 Å². The molecule has 0 aliphatic carbocycles. The van der Waals surface area contributed by atoms with Crippen molar-refractivity contribution in [3.63, 3.8) is 0 Å². The van der Waals surface area contributed by atoms with Gasteiger partial charge in [-0.1, -0.05) is 12.1 Å². The summed E-state index contributed by atoms with van der Waals surface area (Å²) in [6.45, 7) is 2.95. The second kappa shape index (κ2) is 6.92. The van der Waals surface area contributed by atoms with E-state index in [1.54, 1.807) is 13.0 Å². The van der Waals surface area contributed by atoms with Crippen molar-refractivity contribution in [1.82, 2.24) is 5.32 Å². The number of nitrogens with one attached hydrogen (secondary N) is 1. The van der Waals surface area contributed by atoms with Gasteiger partial charge in [0.1, 0.15) is 5.75 Å². The summed E-state index contributed by atoms with van der Waals surface area (Å²) >= 11 is 0. The third-order valence-electron chi connectivity index (χ3n) is 2.06. The predicted molar refractivity (Wildman–Crippen MR) is 62.9 cm³/mol. The van der Waals surface area contributed by atoms with Gasteiger partial charge in [0, 0.05) is 19.5 Å². The summed E-state index contributed by atoms with van der Waals surface area (Å²) in [4.78, 5) is 0. The maximum atomic E-state index is 12.0. The fraction of sp³-hybridized carbons (Fsp3) is 0.385. The minimum absolute atomic E-state index is 0.199. The molecule has 0 aromatic heterocycles. The maximum Gasteiger partial charge on any atom is 0.573 e. The van der Waals surface area contributed by atoms with Gasteiger partial charge in [0.2, 0.25) is 0 Å². The van der Waals surface area contributed by atoms with E-state index in [0.717, 1.165) is 12.0 Å². The van der Waals surface area contributed by atoms with E-state index in [4.69, 9.17) is 0 Å². The van der Waals surface area contributed by atoms with Gasteiger partial charge < -0.3 is 10.1 Å². The average Bonchev–Trinajstić information content (AvgIpc) is 2.27. The van der Waals surface area contributed by atoms with Crippen LogP contribution in [0.3, 0.4) is 0 Å². The van der Waals surface area contributed by atoms with Crippen molar-refractivity contribution in [3.8, 4) is 17.6 Å². The van der Waals surface area contributed by atoms with Gasteiger partial charge in [0.15, 0.2) is 0 Å².